The monoisotopic (exact) mass is 309 g/mol. The third kappa shape index (κ3) is 2.41. The van der Waals surface area contributed by atoms with Crippen LogP contribution in [0.3, 0.4) is 0 Å². The van der Waals surface area contributed by atoms with Crippen LogP contribution >= 0.6 is 0 Å². The van der Waals surface area contributed by atoms with Crippen LogP contribution in [-0.2, 0) is 0 Å². The molecular weight excluding hydrogens is 290 g/mol. The van der Waals surface area contributed by atoms with Gasteiger partial charge in [-0.3, -0.25) is 5.10 Å². The van der Waals surface area contributed by atoms with Crippen molar-refractivity contribution in [1.29, 1.82) is 0 Å². The molecule has 1 saturated heterocycles. The molecule has 0 radical (unpaired) electrons. The fourth-order valence-electron chi connectivity index (χ4n) is 3.39. The number of nitrogens with zero attached hydrogens (tertiary/aromatic N) is 3. The minimum atomic E-state index is 0.160. The van der Waals surface area contributed by atoms with Gasteiger partial charge in [0.15, 0.2) is 0 Å². The molecule has 0 amide bonds. The smallest absolute Gasteiger partial charge is 0.126 e. The SMILES string of the molecule is Nc1cc(N2CCC[C@@H]2CO)c2ccc(-c3ccn[nH]3)cc2n1. The summed E-state index contributed by atoms with van der Waals surface area (Å²) in [6, 6.07) is 10.1. The Morgan fingerprint density at radius 1 is 1.30 bits per heavy atom. The van der Waals surface area contributed by atoms with E-state index < -0.39 is 0 Å². The van der Waals surface area contributed by atoms with E-state index in [-0.39, 0.29) is 12.6 Å². The number of hydrogen-bond donors (Lipinski definition) is 3. The number of nitrogen functional groups attached to an aromatic ring is 1. The van der Waals surface area contributed by atoms with Gasteiger partial charge in [-0.1, -0.05) is 12.1 Å². The maximum Gasteiger partial charge on any atom is 0.126 e. The number of fused-ring (bicyclic) bond motifs is 1. The summed E-state index contributed by atoms with van der Waals surface area (Å²) in [6.45, 7) is 1.10. The van der Waals surface area contributed by atoms with Gasteiger partial charge in [0.05, 0.1) is 29.5 Å². The molecule has 0 unspecified atom stereocenters. The molecule has 1 atom stereocenters. The predicted molar refractivity (Wildman–Crippen MR) is 91.2 cm³/mol. The van der Waals surface area contributed by atoms with Crippen LogP contribution in [0.25, 0.3) is 22.2 Å². The van der Waals surface area contributed by atoms with E-state index in [0.717, 1.165) is 47.2 Å². The minimum absolute atomic E-state index is 0.160. The van der Waals surface area contributed by atoms with Crippen LogP contribution < -0.4 is 10.6 Å². The highest BCUT2D eigenvalue weighted by atomic mass is 16.3. The maximum absolute atomic E-state index is 9.61. The molecule has 1 aromatic carbocycles. The van der Waals surface area contributed by atoms with Crippen molar-refractivity contribution in [2.45, 2.75) is 18.9 Å². The lowest BCUT2D eigenvalue weighted by atomic mass is 10.1. The first-order valence-electron chi connectivity index (χ1n) is 7.84. The standard InChI is InChI=1S/C17H19N5O/c18-17-9-16(22-7-1-2-12(22)10-23)13-4-3-11(8-15(13)20-17)14-5-6-19-21-14/h3-6,8-9,12,23H,1-2,7,10H2,(H2,18,20)(H,19,21)/t12-/m1/s1. The van der Waals surface area contributed by atoms with Gasteiger partial charge in [0, 0.05) is 29.8 Å². The highest BCUT2D eigenvalue weighted by Gasteiger charge is 2.25. The Kier molecular flexibility index (Phi) is 3.38. The van der Waals surface area contributed by atoms with Crippen LogP contribution in [0.2, 0.25) is 0 Å². The zero-order valence-corrected chi connectivity index (χ0v) is 12.7. The van der Waals surface area contributed by atoms with E-state index in [1.807, 2.05) is 18.2 Å². The summed E-state index contributed by atoms with van der Waals surface area (Å²) in [5, 5.41) is 17.6. The van der Waals surface area contributed by atoms with Gasteiger partial charge in [-0.25, -0.2) is 4.98 Å². The maximum atomic E-state index is 9.61. The minimum Gasteiger partial charge on any atom is -0.394 e. The molecule has 0 aliphatic carbocycles. The Morgan fingerprint density at radius 2 is 2.22 bits per heavy atom. The lowest BCUT2D eigenvalue weighted by molar-refractivity contribution is 0.266. The summed E-state index contributed by atoms with van der Waals surface area (Å²) >= 11 is 0. The van der Waals surface area contributed by atoms with Gasteiger partial charge in [0.1, 0.15) is 5.82 Å². The molecule has 118 valence electrons. The van der Waals surface area contributed by atoms with Crippen LogP contribution in [0.5, 0.6) is 0 Å². The van der Waals surface area contributed by atoms with E-state index in [9.17, 15) is 5.11 Å². The number of anilines is 2. The number of aromatic nitrogens is 3. The molecule has 1 aliphatic heterocycles. The number of aliphatic hydroxyl groups excluding tert-OH is 1. The van der Waals surface area contributed by atoms with Crippen LogP contribution in [0.4, 0.5) is 11.5 Å². The first kappa shape index (κ1) is 14.0. The van der Waals surface area contributed by atoms with E-state index in [4.69, 9.17) is 5.73 Å². The van der Waals surface area contributed by atoms with Crippen molar-refractivity contribution in [3.05, 3.63) is 36.5 Å². The van der Waals surface area contributed by atoms with Gasteiger partial charge in [0.2, 0.25) is 0 Å². The molecule has 3 aromatic rings. The summed E-state index contributed by atoms with van der Waals surface area (Å²) < 4.78 is 0. The molecule has 2 aromatic heterocycles. The average molecular weight is 309 g/mol. The lowest BCUT2D eigenvalue weighted by Gasteiger charge is -2.26. The Labute approximate surface area is 133 Å². The average Bonchev–Trinajstić information content (AvgIpc) is 3.24. The van der Waals surface area contributed by atoms with E-state index in [1.165, 1.54) is 0 Å². The van der Waals surface area contributed by atoms with Gasteiger partial charge < -0.3 is 15.7 Å². The van der Waals surface area contributed by atoms with Crippen molar-refractivity contribution >= 4 is 22.4 Å². The van der Waals surface area contributed by atoms with E-state index in [0.29, 0.717) is 5.82 Å². The molecule has 6 heteroatoms. The number of aromatic amines is 1. The van der Waals surface area contributed by atoms with Crippen LogP contribution in [-0.4, -0.2) is 39.5 Å². The number of nitrogens with two attached hydrogens (primary N) is 1. The topological polar surface area (TPSA) is 91.1 Å². The number of hydrogen-bond acceptors (Lipinski definition) is 5. The molecule has 4 rings (SSSR count). The Bertz CT molecular complexity index is 830. The summed E-state index contributed by atoms with van der Waals surface area (Å²) in [6.07, 6.45) is 3.82. The van der Waals surface area contributed by atoms with Crippen LogP contribution in [0.15, 0.2) is 36.5 Å². The normalized spacial score (nSPS) is 18.0. The molecule has 0 bridgehead atoms. The predicted octanol–water partition coefficient (Wildman–Crippen LogP) is 2.17. The summed E-state index contributed by atoms with van der Waals surface area (Å²) in [7, 11) is 0. The fourth-order valence-corrected chi connectivity index (χ4v) is 3.39. The molecule has 23 heavy (non-hydrogen) atoms. The van der Waals surface area contributed by atoms with Crippen LogP contribution in [0, 0.1) is 0 Å². The number of rotatable bonds is 3. The first-order valence-corrected chi connectivity index (χ1v) is 7.84. The van der Waals surface area contributed by atoms with Crippen molar-refractivity contribution < 1.29 is 5.11 Å². The number of nitrogens with one attached hydrogen (secondary N) is 1. The first-order chi connectivity index (χ1) is 11.3. The fraction of sp³-hybridized carbons (Fsp3) is 0.294. The molecule has 4 N–H and O–H groups in total. The zero-order valence-electron chi connectivity index (χ0n) is 12.7. The Hall–Kier alpha value is -2.60. The second-order valence-corrected chi connectivity index (χ2v) is 5.94. The molecule has 0 spiro atoms. The number of H-pyrrole nitrogens is 1. The number of benzene rings is 1. The molecule has 1 fully saturated rings. The molecular formula is C17H19N5O. The Morgan fingerprint density at radius 3 is 3.00 bits per heavy atom. The second-order valence-electron chi connectivity index (χ2n) is 5.94. The zero-order chi connectivity index (χ0) is 15.8. The molecule has 1 aliphatic rings. The van der Waals surface area contributed by atoms with Gasteiger partial charge in [-0.2, -0.15) is 5.10 Å². The Balaban J connectivity index is 1.85. The van der Waals surface area contributed by atoms with Gasteiger partial charge in [-0.15, -0.1) is 0 Å². The summed E-state index contributed by atoms with van der Waals surface area (Å²) in [5.41, 5.74) is 9.92. The second kappa shape index (κ2) is 5.55. The third-order valence-electron chi connectivity index (χ3n) is 4.52. The molecule has 6 nitrogen and oxygen atoms in total. The van der Waals surface area contributed by atoms with Crippen molar-refractivity contribution in [2.75, 3.05) is 23.8 Å². The van der Waals surface area contributed by atoms with E-state index in [2.05, 4.69) is 32.2 Å². The number of pyridine rings is 1. The van der Waals surface area contributed by atoms with Crippen molar-refractivity contribution in [3.63, 3.8) is 0 Å². The molecule has 0 saturated carbocycles. The highest BCUT2D eigenvalue weighted by Crippen LogP contribution is 2.34. The van der Waals surface area contributed by atoms with E-state index >= 15 is 0 Å². The largest absolute Gasteiger partial charge is 0.394 e. The van der Waals surface area contributed by atoms with Crippen molar-refractivity contribution in [1.82, 2.24) is 15.2 Å². The van der Waals surface area contributed by atoms with Crippen molar-refractivity contribution in [2.24, 2.45) is 0 Å². The molecule has 3 heterocycles. The van der Waals surface area contributed by atoms with Crippen molar-refractivity contribution in [3.8, 4) is 11.3 Å². The van der Waals surface area contributed by atoms with Gasteiger partial charge >= 0.3 is 0 Å². The number of aliphatic hydroxyl groups is 1. The quantitative estimate of drug-likeness (QED) is 0.690. The van der Waals surface area contributed by atoms with E-state index in [1.54, 1.807) is 6.20 Å². The lowest BCUT2D eigenvalue weighted by Crippen LogP contribution is -2.32. The summed E-state index contributed by atoms with van der Waals surface area (Å²) in [4.78, 5) is 6.73. The summed E-state index contributed by atoms with van der Waals surface area (Å²) in [5.74, 6) is 0.498. The van der Waals surface area contributed by atoms with Gasteiger partial charge in [-0.05, 0) is 25.0 Å². The third-order valence-corrected chi connectivity index (χ3v) is 4.52. The van der Waals surface area contributed by atoms with Crippen LogP contribution in [0.1, 0.15) is 12.8 Å². The van der Waals surface area contributed by atoms with Gasteiger partial charge in [0.25, 0.3) is 0 Å². The highest BCUT2D eigenvalue weighted by molar-refractivity contribution is 5.95.